The Morgan fingerprint density at radius 2 is 1.57 bits per heavy atom. The molecule has 0 fully saturated rings. The maximum Gasteiger partial charge on any atom is 0.369 e. The fourth-order valence-electron chi connectivity index (χ4n) is 2.95. The van der Waals surface area contributed by atoms with Gasteiger partial charge in [0.15, 0.2) is 0 Å². The zero-order valence-corrected chi connectivity index (χ0v) is 17.0. The summed E-state index contributed by atoms with van der Waals surface area (Å²) in [5, 5.41) is 9.23. The summed E-state index contributed by atoms with van der Waals surface area (Å²) in [6.45, 7) is 1.79. The summed E-state index contributed by atoms with van der Waals surface area (Å²) in [5.41, 5.74) is 3.87. The van der Waals surface area contributed by atoms with Crippen LogP contribution in [-0.4, -0.2) is 21.5 Å². The van der Waals surface area contributed by atoms with Crippen LogP contribution in [0.15, 0.2) is 96.3 Å². The lowest BCUT2D eigenvalue weighted by molar-refractivity contribution is 0.0517. The monoisotopic (exact) mass is 415 g/mol. The van der Waals surface area contributed by atoms with E-state index in [0.29, 0.717) is 22.0 Å². The van der Waals surface area contributed by atoms with Gasteiger partial charge in [-0.15, -0.1) is 0 Å². The molecule has 0 unspecified atom stereocenters. The molecule has 0 saturated heterocycles. The largest absolute Gasteiger partial charge is 0.369 e. The van der Waals surface area contributed by atoms with Crippen LogP contribution in [0, 0.1) is 0 Å². The van der Waals surface area contributed by atoms with E-state index in [9.17, 15) is 4.79 Å². The summed E-state index contributed by atoms with van der Waals surface area (Å²) in [4.78, 5) is 18.1. The number of benzene rings is 3. The lowest BCUT2D eigenvalue weighted by Crippen LogP contribution is -2.04. The van der Waals surface area contributed by atoms with Gasteiger partial charge < -0.3 is 4.84 Å². The summed E-state index contributed by atoms with van der Waals surface area (Å²) >= 11 is 6.01. The highest BCUT2D eigenvalue weighted by Crippen LogP contribution is 2.26. The van der Waals surface area contributed by atoms with Crippen molar-refractivity contribution < 1.29 is 9.63 Å². The van der Waals surface area contributed by atoms with E-state index in [1.807, 2.05) is 72.8 Å². The Kier molecular flexibility index (Phi) is 5.72. The van der Waals surface area contributed by atoms with E-state index >= 15 is 0 Å². The van der Waals surface area contributed by atoms with Gasteiger partial charge in [-0.3, -0.25) is 0 Å². The van der Waals surface area contributed by atoms with Crippen molar-refractivity contribution in [1.82, 2.24) is 9.78 Å². The van der Waals surface area contributed by atoms with Gasteiger partial charge >= 0.3 is 5.97 Å². The number of oxime groups is 1. The molecule has 1 heterocycles. The Morgan fingerprint density at radius 1 is 0.933 bits per heavy atom. The lowest BCUT2D eigenvalue weighted by atomic mass is 10.1. The Bertz CT molecular complexity index is 1180. The third kappa shape index (κ3) is 4.31. The summed E-state index contributed by atoms with van der Waals surface area (Å²) in [6, 6.07) is 26.2. The van der Waals surface area contributed by atoms with Gasteiger partial charge in [0.05, 0.1) is 11.4 Å². The molecule has 1 aromatic heterocycles. The molecule has 0 atom stereocenters. The van der Waals surface area contributed by atoms with Gasteiger partial charge in [-0.25, -0.2) is 9.48 Å². The molecule has 0 aliphatic carbocycles. The average Bonchev–Trinajstić information content (AvgIpc) is 3.24. The first-order valence-corrected chi connectivity index (χ1v) is 9.72. The van der Waals surface area contributed by atoms with Gasteiger partial charge in [-0.05, 0) is 36.8 Å². The van der Waals surface area contributed by atoms with Gasteiger partial charge in [-0.2, -0.15) is 5.10 Å². The molecule has 0 bridgehead atoms. The van der Waals surface area contributed by atoms with Crippen molar-refractivity contribution in [2.45, 2.75) is 6.92 Å². The number of rotatable bonds is 5. The Hall–Kier alpha value is -3.70. The standard InChI is InChI=1S/C24H18ClN3O2/c1-17(18-8-4-2-5-9-18)27-30-24(29)22-16-28(21-10-6-3-7-11-21)26-23(22)19-12-14-20(25)15-13-19/h2-16H,1H3/b27-17-. The molecule has 5 nitrogen and oxygen atoms in total. The number of hydrogen-bond donors (Lipinski definition) is 0. The van der Waals surface area contributed by atoms with Crippen LogP contribution in [0.25, 0.3) is 16.9 Å². The van der Waals surface area contributed by atoms with E-state index in [1.165, 1.54) is 0 Å². The van der Waals surface area contributed by atoms with Crippen LogP contribution in [-0.2, 0) is 4.84 Å². The van der Waals surface area contributed by atoms with E-state index in [1.54, 1.807) is 29.9 Å². The predicted molar refractivity (Wildman–Crippen MR) is 118 cm³/mol. The summed E-state index contributed by atoms with van der Waals surface area (Å²) in [6.07, 6.45) is 1.65. The minimum atomic E-state index is -0.586. The van der Waals surface area contributed by atoms with Crippen molar-refractivity contribution in [3.63, 3.8) is 0 Å². The van der Waals surface area contributed by atoms with Crippen molar-refractivity contribution in [1.29, 1.82) is 0 Å². The maximum absolute atomic E-state index is 12.9. The SMILES string of the molecule is C/C(=N/OC(=O)c1cn(-c2ccccc2)nc1-c1ccc(Cl)cc1)c1ccccc1. The van der Waals surface area contributed by atoms with Crippen LogP contribution in [0.3, 0.4) is 0 Å². The number of carbonyl (C=O) groups excluding carboxylic acids is 1. The summed E-state index contributed by atoms with van der Waals surface area (Å²) in [5.74, 6) is -0.586. The highest BCUT2D eigenvalue weighted by atomic mass is 35.5. The van der Waals surface area contributed by atoms with Crippen molar-refractivity contribution in [2.75, 3.05) is 0 Å². The number of aromatic nitrogens is 2. The van der Waals surface area contributed by atoms with Gasteiger partial charge in [0.25, 0.3) is 0 Å². The number of para-hydroxylation sites is 1. The topological polar surface area (TPSA) is 56.5 Å². The summed E-state index contributed by atoms with van der Waals surface area (Å²) < 4.78 is 1.65. The molecule has 30 heavy (non-hydrogen) atoms. The van der Waals surface area contributed by atoms with Crippen molar-refractivity contribution in [3.05, 3.63) is 107 Å². The molecule has 0 N–H and O–H groups in total. The second-order valence-corrected chi connectivity index (χ2v) is 7.04. The molecule has 6 heteroatoms. The lowest BCUT2D eigenvalue weighted by Gasteiger charge is -2.02. The Balaban J connectivity index is 1.69. The molecule has 4 rings (SSSR count). The third-order valence-corrected chi connectivity index (χ3v) is 4.78. The minimum absolute atomic E-state index is 0.311. The zero-order valence-electron chi connectivity index (χ0n) is 16.2. The highest BCUT2D eigenvalue weighted by Gasteiger charge is 2.20. The van der Waals surface area contributed by atoms with Crippen LogP contribution in [0.4, 0.5) is 0 Å². The average molecular weight is 416 g/mol. The first-order valence-electron chi connectivity index (χ1n) is 9.34. The zero-order chi connectivity index (χ0) is 20.9. The quantitative estimate of drug-likeness (QED) is 0.236. The van der Waals surface area contributed by atoms with E-state index in [2.05, 4.69) is 10.3 Å². The molecular formula is C24H18ClN3O2. The molecule has 0 saturated carbocycles. The van der Waals surface area contributed by atoms with E-state index in [0.717, 1.165) is 16.8 Å². The molecule has 3 aromatic carbocycles. The van der Waals surface area contributed by atoms with Gasteiger partial charge in [0, 0.05) is 16.8 Å². The molecule has 0 spiro atoms. The number of halogens is 1. The fourth-order valence-corrected chi connectivity index (χ4v) is 3.07. The Labute approximate surface area is 179 Å². The van der Waals surface area contributed by atoms with E-state index in [4.69, 9.17) is 16.4 Å². The Morgan fingerprint density at radius 3 is 2.23 bits per heavy atom. The molecular weight excluding hydrogens is 398 g/mol. The van der Waals surface area contributed by atoms with Crippen LogP contribution in [0.1, 0.15) is 22.8 Å². The fraction of sp³-hybridized carbons (Fsp3) is 0.0417. The highest BCUT2D eigenvalue weighted by molar-refractivity contribution is 6.30. The molecule has 0 aliphatic heterocycles. The first kappa shape index (κ1) is 19.6. The smallest absolute Gasteiger partial charge is 0.312 e. The van der Waals surface area contributed by atoms with Crippen molar-refractivity contribution >= 4 is 23.3 Å². The van der Waals surface area contributed by atoms with Crippen LogP contribution in [0.5, 0.6) is 0 Å². The second-order valence-electron chi connectivity index (χ2n) is 6.60. The maximum atomic E-state index is 12.9. The second kappa shape index (κ2) is 8.76. The third-order valence-electron chi connectivity index (χ3n) is 4.53. The van der Waals surface area contributed by atoms with Gasteiger partial charge in [0.1, 0.15) is 11.3 Å². The molecule has 0 radical (unpaired) electrons. The van der Waals surface area contributed by atoms with E-state index < -0.39 is 5.97 Å². The number of hydrogen-bond acceptors (Lipinski definition) is 4. The van der Waals surface area contributed by atoms with Crippen molar-refractivity contribution in [2.24, 2.45) is 5.16 Å². The molecule has 4 aromatic rings. The molecule has 0 aliphatic rings. The predicted octanol–water partition coefficient (Wildman–Crippen LogP) is 5.77. The summed E-state index contributed by atoms with van der Waals surface area (Å²) in [7, 11) is 0. The number of nitrogens with zero attached hydrogens (tertiary/aromatic N) is 3. The first-order chi connectivity index (χ1) is 14.6. The minimum Gasteiger partial charge on any atom is -0.312 e. The van der Waals surface area contributed by atoms with Crippen LogP contribution in [0.2, 0.25) is 5.02 Å². The normalized spacial score (nSPS) is 11.3. The van der Waals surface area contributed by atoms with Crippen molar-refractivity contribution in [3.8, 4) is 16.9 Å². The van der Waals surface area contributed by atoms with Gasteiger partial charge in [-0.1, -0.05) is 77.4 Å². The van der Waals surface area contributed by atoms with Crippen LogP contribution < -0.4 is 0 Å². The number of carbonyl (C=O) groups is 1. The van der Waals surface area contributed by atoms with Crippen LogP contribution >= 0.6 is 11.6 Å². The molecule has 0 amide bonds. The molecule has 148 valence electrons. The van der Waals surface area contributed by atoms with E-state index in [-0.39, 0.29) is 0 Å². The van der Waals surface area contributed by atoms with Gasteiger partial charge in [0.2, 0.25) is 0 Å².